The zero-order valence-corrected chi connectivity index (χ0v) is 11.3. The van der Waals surface area contributed by atoms with Crippen LogP contribution in [0.2, 0.25) is 5.02 Å². The van der Waals surface area contributed by atoms with E-state index in [-0.39, 0.29) is 5.02 Å². The van der Waals surface area contributed by atoms with Gasteiger partial charge in [0.15, 0.2) is 0 Å². The lowest BCUT2D eigenvalue weighted by Crippen LogP contribution is -2.04. The van der Waals surface area contributed by atoms with Crippen molar-refractivity contribution in [3.8, 4) is 11.3 Å². The van der Waals surface area contributed by atoms with E-state index in [0.717, 1.165) is 12.1 Å². The van der Waals surface area contributed by atoms with Gasteiger partial charge in [-0.3, -0.25) is 0 Å². The van der Waals surface area contributed by atoms with Crippen LogP contribution in [0.1, 0.15) is 30.8 Å². The molecule has 0 fully saturated rings. The Hall–Kier alpha value is -1.46. The Morgan fingerprint density at radius 3 is 2.50 bits per heavy atom. The summed E-state index contributed by atoms with van der Waals surface area (Å²) in [5, 5.41) is 9.58. The molecule has 2 rings (SSSR count). The second-order valence-corrected chi connectivity index (χ2v) is 4.73. The topological polar surface area (TPSA) is 33.4 Å². The first-order chi connectivity index (χ1) is 9.32. The van der Waals surface area contributed by atoms with Crippen LogP contribution >= 0.6 is 11.6 Å². The maximum absolute atomic E-state index is 12.5. The number of aliphatic hydroxyl groups is 1. The van der Waals surface area contributed by atoms with Crippen LogP contribution in [-0.2, 0) is 6.18 Å². The van der Waals surface area contributed by atoms with Crippen molar-refractivity contribution < 1.29 is 22.7 Å². The summed E-state index contributed by atoms with van der Waals surface area (Å²) in [5.41, 5.74) is -0.458. The Balaban J connectivity index is 2.36. The van der Waals surface area contributed by atoms with E-state index in [9.17, 15) is 18.3 Å². The van der Waals surface area contributed by atoms with Gasteiger partial charge in [0.25, 0.3) is 0 Å². The average Bonchev–Trinajstić information content (AvgIpc) is 2.86. The number of halogens is 4. The minimum atomic E-state index is -4.44. The van der Waals surface area contributed by atoms with Crippen LogP contribution in [-0.4, -0.2) is 5.11 Å². The quantitative estimate of drug-likeness (QED) is 0.859. The van der Waals surface area contributed by atoms with Crippen LogP contribution in [0.5, 0.6) is 0 Å². The maximum Gasteiger partial charge on any atom is 0.416 e. The number of benzene rings is 1. The van der Waals surface area contributed by atoms with Gasteiger partial charge < -0.3 is 9.52 Å². The fourth-order valence-electron chi connectivity index (χ4n) is 1.77. The summed E-state index contributed by atoms with van der Waals surface area (Å²) in [7, 11) is 0. The van der Waals surface area contributed by atoms with Gasteiger partial charge >= 0.3 is 6.18 Å². The molecule has 2 aromatic rings. The van der Waals surface area contributed by atoms with E-state index < -0.39 is 17.8 Å². The molecule has 0 radical (unpaired) electrons. The van der Waals surface area contributed by atoms with Gasteiger partial charge in [0, 0.05) is 5.56 Å². The van der Waals surface area contributed by atoms with Gasteiger partial charge in [-0.15, -0.1) is 0 Å². The zero-order valence-electron chi connectivity index (χ0n) is 10.5. The molecule has 0 bridgehead atoms. The summed E-state index contributed by atoms with van der Waals surface area (Å²) in [4.78, 5) is 0. The van der Waals surface area contributed by atoms with E-state index in [1.54, 1.807) is 19.1 Å². The van der Waals surface area contributed by atoms with Crippen LogP contribution in [0.15, 0.2) is 34.7 Å². The Labute approximate surface area is 118 Å². The second kappa shape index (κ2) is 5.50. The molecule has 0 aliphatic heterocycles. The number of rotatable bonds is 3. The number of furan rings is 1. The molecule has 1 aromatic heterocycles. The monoisotopic (exact) mass is 304 g/mol. The molecule has 1 heterocycles. The smallest absolute Gasteiger partial charge is 0.416 e. The molecule has 0 saturated carbocycles. The lowest BCUT2D eigenvalue weighted by atomic mass is 10.1. The molecule has 1 atom stereocenters. The highest BCUT2D eigenvalue weighted by Gasteiger charge is 2.31. The SMILES string of the molecule is CCC(O)c1ccc(-c2ccc(C(F)(F)F)cc2Cl)o1. The van der Waals surface area contributed by atoms with Crippen molar-refractivity contribution in [3.05, 3.63) is 46.7 Å². The van der Waals surface area contributed by atoms with E-state index in [1.807, 2.05) is 0 Å². The van der Waals surface area contributed by atoms with Crippen molar-refractivity contribution in [2.45, 2.75) is 25.6 Å². The molecule has 0 aliphatic carbocycles. The second-order valence-electron chi connectivity index (χ2n) is 4.32. The summed E-state index contributed by atoms with van der Waals surface area (Å²) in [6.45, 7) is 1.79. The van der Waals surface area contributed by atoms with Crippen molar-refractivity contribution in [3.63, 3.8) is 0 Å². The summed E-state index contributed by atoms with van der Waals surface area (Å²) in [6.07, 6.45) is -4.69. The standard InChI is InChI=1S/C14H12ClF3O2/c1-2-11(19)13-6-5-12(20-13)9-4-3-8(7-10(9)15)14(16,17)18/h3-7,11,19H,2H2,1H3. The highest BCUT2D eigenvalue weighted by Crippen LogP contribution is 2.36. The van der Waals surface area contributed by atoms with E-state index in [4.69, 9.17) is 16.0 Å². The van der Waals surface area contributed by atoms with E-state index in [0.29, 0.717) is 23.5 Å². The molecule has 2 nitrogen and oxygen atoms in total. The molecule has 1 aromatic carbocycles. The Kier molecular flexibility index (Phi) is 4.11. The molecule has 0 saturated heterocycles. The minimum absolute atomic E-state index is 0.0493. The van der Waals surface area contributed by atoms with E-state index >= 15 is 0 Å². The van der Waals surface area contributed by atoms with Crippen LogP contribution < -0.4 is 0 Å². The Bertz CT molecular complexity index is 605. The number of hydrogen-bond acceptors (Lipinski definition) is 2. The molecular weight excluding hydrogens is 293 g/mol. The van der Waals surface area contributed by atoms with Crippen LogP contribution in [0, 0.1) is 0 Å². The van der Waals surface area contributed by atoms with Gasteiger partial charge in [0.2, 0.25) is 0 Å². The van der Waals surface area contributed by atoms with E-state index in [2.05, 4.69) is 0 Å². The predicted molar refractivity (Wildman–Crippen MR) is 69.4 cm³/mol. The number of hydrogen-bond donors (Lipinski definition) is 1. The normalized spacial score (nSPS) is 13.5. The molecule has 20 heavy (non-hydrogen) atoms. The Morgan fingerprint density at radius 2 is 1.95 bits per heavy atom. The first kappa shape index (κ1) is 14.9. The molecule has 6 heteroatoms. The first-order valence-electron chi connectivity index (χ1n) is 5.98. The fraction of sp³-hybridized carbons (Fsp3) is 0.286. The highest BCUT2D eigenvalue weighted by atomic mass is 35.5. The van der Waals surface area contributed by atoms with E-state index in [1.165, 1.54) is 6.07 Å². The fourth-order valence-corrected chi connectivity index (χ4v) is 2.04. The van der Waals surface area contributed by atoms with Crippen LogP contribution in [0.4, 0.5) is 13.2 Å². The number of aliphatic hydroxyl groups excluding tert-OH is 1. The van der Waals surface area contributed by atoms with Gasteiger partial charge in [0.1, 0.15) is 17.6 Å². The molecule has 0 aliphatic rings. The third kappa shape index (κ3) is 2.99. The third-order valence-corrected chi connectivity index (χ3v) is 3.22. The van der Waals surface area contributed by atoms with Crippen LogP contribution in [0.25, 0.3) is 11.3 Å². The predicted octanol–water partition coefficient (Wildman–Crippen LogP) is 5.06. The maximum atomic E-state index is 12.5. The van der Waals surface area contributed by atoms with Crippen LogP contribution in [0.3, 0.4) is 0 Å². The largest absolute Gasteiger partial charge is 0.458 e. The minimum Gasteiger partial charge on any atom is -0.458 e. The molecule has 1 N–H and O–H groups in total. The van der Waals surface area contributed by atoms with Crippen molar-refractivity contribution in [1.82, 2.24) is 0 Å². The summed E-state index contributed by atoms with van der Waals surface area (Å²) in [5.74, 6) is 0.685. The van der Waals surface area contributed by atoms with Gasteiger partial charge in [-0.2, -0.15) is 13.2 Å². The summed E-state index contributed by atoms with van der Waals surface area (Å²) >= 11 is 5.87. The lowest BCUT2D eigenvalue weighted by molar-refractivity contribution is -0.137. The third-order valence-electron chi connectivity index (χ3n) is 2.90. The van der Waals surface area contributed by atoms with Crippen molar-refractivity contribution in [1.29, 1.82) is 0 Å². The number of alkyl halides is 3. The first-order valence-corrected chi connectivity index (χ1v) is 6.35. The average molecular weight is 305 g/mol. The Morgan fingerprint density at radius 1 is 1.25 bits per heavy atom. The van der Waals surface area contributed by atoms with Crippen molar-refractivity contribution in [2.24, 2.45) is 0 Å². The lowest BCUT2D eigenvalue weighted by Gasteiger charge is -2.09. The summed E-state index contributed by atoms with van der Waals surface area (Å²) in [6, 6.07) is 6.21. The van der Waals surface area contributed by atoms with Crippen molar-refractivity contribution >= 4 is 11.6 Å². The molecule has 0 amide bonds. The zero-order chi connectivity index (χ0) is 14.9. The molecule has 108 valence electrons. The highest BCUT2D eigenvalue weighted by molar-refractivity contribution is 6.33. The van der Waals surface area contributed by atoms with Gasteiger partial charge in [-0.05, 0) is 36.8 Å². The van der Waals surface area contributed by atoms with Crippen molar-refractivity contribution in [2.75, 3.05) is 0 Å². The van der Waals surface area contributed by atoms with Gasteiger partial charge in [0.05, 0.1) is 10.6 Å². The van der Waals surface area contributed by atoms with Gasteiger partial charge in [-0.1, -0.05) is 18.5 Å². The molecular formula is C14H12ClF3O2. The van der Waals surface area contributed by atoms with Gasteiger partial charge in [-0.25, -0.2) is 0 Å². The summed E-state index contributed by atoms with van der Waals surface area (Å²) < 4.78 is 43.0. The molecule has 0 spiro atoms. The molecule has 1 unspecified atom stereocenters.